The second kappa shape index (κ2) is 10.6. The summed E-state index contributed by atoms with van der Waals surface area (Å²) in [5.41, 5.74) is 5.25. The summed E-state index contributed by atoms with van der Waals surface area (Å²) in [6.45, 7) is 1.76. The van der Waals surface area contributed by atoms with E-state index in [1.165, 1.54) is 13.3 Å². The molecule has 0 saturated carbocycles. The molecule has 0 bridgehead atoms. The summed E-state index contributed by atoms with van der Waals surface area (Å²) >= 11 is 0. The van der Waals surface area contributed by atoms with Gasteiger partial charge in [-0.2, -0.15) is 5.10 Å². The van der Waals surface area contributed by atoms with Crippen LogP contribution in [0.5, 0.6) is 11.5 Å². The zero-order chi connectivity index (χ0) is 22.1. The molecule has 31 heavy (non-hydrogen) atoms. The molecule has 7 nitrogen and oxygen atoms in total. The fourth-order valence-electron chi connectivity index (χ4n) is 2.73. The molecule has 0 radical (unpaired) electrons. The average molecular weight is 417 g/mol. The molecule has 2 amide bonds. The normalized spacial score (nSPS) is 10.5. The van der Waals surface area contributed by atoms with Crippen molar-refractivity contribution in [3.63, 3.8) is 0 Å². The van der Waals surface area contributed by atoms with E-state index in [0.29, 0.717) is 28.3 Å². The molecule has 0 aliphatic carbocycles. The van der Waals surface area contributed by atoms with Gasteiger partial charge >= 0.3 is 0 Å². The number of benzene rings is 3. The van der Waals surface area contributed by atoms with Gasteiger partial charge in [0.1, 0.15) is 11.5 Å². The highest BCUT2D eigenvalue weighted by molar-refractivity contribution is 5.95. The number of ether oxygens (including phenoxy) is 2. The number of amides is 2. The Morgan fingerprint density at radius 1 is 0.935 bits per heavy atom. The first-order valence-electron chi connectivity index (χ1n) is 9.61. The van der Waals surface area contributed by atoms with Gasteiger partial charge in [0.05, 0.1) is 19.0 Å². The molecule has 2 N–H and O–H groups in total. The standard InChI is InChI=1S/C24H23N3O4/c1-17-11-13-18(14-12-17)24(29)27-25-15-19-7-3-5-9-21(19)31-16-23(28)26-20-8-4-6-10-22(20)30-2/h3-15H,16H2,1-2H3,(H,26,28)(H,27,29). The van der Waals surface area contributed by atoms with E-state index >= 15 is 0 Å². The summed E-state index contributed by atoms with van der Waals surface area (Å²) in [6.07, 6.45) is 1.47. The molecule has 3 aromatic rings. The van der Waals surface area contributed by atoms with Gasteiger partial charge in [-0.1, -0.05) is 42.0 Å². The van der Waals surface area contributed by atoms with E-state index < -0.39 is 0 Å². The van der Waals surface area contributed by atoms with Gasteiger partial charge in [0.25, 0.3) is 11.8 Å². The van der Waals surface area contributed by atoms with E-state index in [1.54, 1.807) is 48.5 Å². The summed E-state index contributed by atoms with van der Waals surface area (Å²) in [4.78, 5) is 24.4. The number of hydrazone groups is 1. The number of carbonyl (C=O) groups is 2. The third kappa shape index (κ3) is 6.17. The highest BCUT2D eigenvalue weighted by Crippen LogP contribution is 2.23. The maximum Gasteiger partial charge on any atom is 0.271 e. The predicted octanol–water partition coefficient (Wildman–Crippen LogP) is 3.79. The average Bonchev–Trinajstić information content (AvgIpc) is 2.79. The molecule has 3 aromatic carbocycles. The van der Waals surface area contributed by atoms with Gasteiger partial charge < -0.3 is 14.8 Å². The molecule has 0 aromatic heterocycles. The lowest BCUT2D eigenvalue weighted by atomic mass is 10.1. The quantitative estimate of drug-likeness (QED) is 0.431. The highest BCUT2D eigenvalue weighted by atomic mass is 16.5. The zero-order valence-electron chi connectivity index (χ0n) is 17.3. The van der Waals surface area contributed by atoms with Crippen molar-refractivity contribution in [2.24, 2.45) is 5.10 Å². The number of hydrogen-bond donors (Lipinski definition) is 2. The Kier molecular flexibility index (Phi) is 7.37. The van der Waals surface area contributed by atoms with Crippen molar-refractivity contribution in [3.05, 3.63) is 89.5 Å². The zero-order valence-corrected chi connectivity index (χ0v) is 17.3. The van der Waals surface area contributed by atoms with Gasteiger partial charge in [-0.15, -0.1) is 0 Å². The van der Waals surface area contributed by atoms with Crippen LogP contribution in [0.15, 0.2) is 77.9 Å². The van der Waals surface area contributed by atoms with Gasteiger partial charge in [0.2, 0.25) is 0 Å². The number of para-hydroxylation sites is 3. The highest BCUT2D eigenvalue weighted by Gasteiger charge is 2.09. The number of rotatable bonds is 8. The Morgan fingerprint density at radius 3 is 2.35 bits per heavy atom. The molecule has 158 valence electrons. The molecule has 3 rings (SSSR count). The van der Waals surface area contributed by atoms with E-state index in [0.717, 1.165) is 5.56 Å². The Morgan fingerprint density at radius 2 is 1.61 bits per heavy atom. The lowest BCUT2D eigenvalue weighted by Crippen LogP contribution is -2.21. The van der Waals surface area contributed by atoms with Crippen LogP contribution in [-0.2, 0) is 4.79 Å². The third-order valence-electron chi connectivity index (χ3n) is 4.34. The second-order valence-electron chi connectivity index (χ2n) is 6.64. The van der Waals surface area contributed by atoms with Crippen LogP contribution in [0.4, 0.5) is 5.69 Å². The number of carbonyl (C=O) groups excluding carboxylic acids is 2. The smallest absolute Gasteiger partial charge is 0.271 e. The Balaban J connectivity index is 1.58. The first kappa shape index (κ1) is 21.6. The lowest BCUT2D eigenvalue weighted by Gasteiger charge is -2.11. The number of aryl methyl sites for hydroxylation is 1. The minimum atomic E-state index is -0.330. The summed E-state index contributed by atoms with van der Waals surface area (Å²) in [6, 6.07) is 21.4. The largest absolute Gasteiger partial charge is 0.495 e. The minimum absolute atomic E-state index is 0.196. The van der Waals surface area contributed by atoms with Gasteiger partial charge in [-0.3, -0.25) is 9.59 Å². The minimum Gasteiger partial charge on any atom is -0.495 e. The van der Waals surface area contributed by atoms with Crippen molar-refractivity contribution in [1.29, 1.82) is 0 Å². The first-order valence-corrected chi connectivity index (χ1v) is 9.61. The van der Waals surface area contributed by atoms with Crippen molar-refractivity contribution < 1.29 is 19.1 Å². The number of hydrogen-bond acceptors (Lipinski definition) is 5. The van der Waals surface area contributed by atoms with Crippen LogP contribution >= 0.6 is 0 Å². The van der Waals surface area contributed by atoms with Crippen LogP contribution in [0.1, 0.15) is 21.5 Å². The number of methoxy groups -OCH3 is 1. The Labute approximate surface area is 180 Å². The fourth-order valence-corrected chi connectivity index (χ4v) is 2.73. The van der Waals surface area contributed by atoms with Crippen LogP contribution in [0.25, 0.3) is 0 Å². The number of anilines is 1. The van der Waals surface area contributed by atoms with Crippen LogP contribution in [0, 0.1) is 6.92 Å². The van der Waals surface area contributed by atoms with Gasteiger partial charge in [-0.05, 0) is 43.3 Å². The van der Waals surface area contributed by atoms with Crippen molar-refractivity contribution in [2.45, 2.75) is 6.92 Å². The van der Waals surface area contributed by atoms with E-state index in [1.807, 2.05) is 31.2 Å². The SMILES string of the molecule is COc1ccccc1NC(=O)COc1ccccc1C=NNC(=O)c1ccc(C)cc1. The third-order valence-corrected chi connectivity index (χ3v) is 4.34. The van der Waals surface area contributed by atoms with Crippen molar-refractivity contribution in [1.82, 2.24) is 5.43 Å². The van der Waals surface area contributed by atoms with Crippen molar-refractivity contribution >= 4 is 23.7 Å². The van der Waals surface area contributed by atoms with Gasteiger partial charge in [-0.25, -0.2) is 5.43 Å². The first-order chi connectivity index (χ1) is 15.1. The number of nitrogens with zero attached hydrogens (tertiary/aromatic N) is 1. The molecule has 0 saturated heterocycles. The van der Waals surface area contributed by atoms with Crippen LogP contribution < -0.4 is 20.2 Å². The molecular weight excluding hydrogens is 394 g/mol. The maximum absolute atomic E-state index is 12.3. The van der Waals surface area contributed by atoms with Crippen molar-refractivity contribution in [3.8, 4) is 11.5 Å². The van der Waals surface area contributed by atoms with Crippen molar-refractivity contribution in [2.75, 3.05) is 19.0 Å². The second-order valence-corrected chi connectivity index (χ2v) is 6.64. The van der Waals surface area contributed by atoms with E-state index in [9.17, 15) is 9.59 Å². The van der Waals surface area contributed by atoms with Crippen LogP contribution in [0.2, 0.25) is 0 Å². The van der Waals surface area contributed by atoms with Gasteiger partial charge in [0, 0.05) is 11.1 Å². The van der Waals surface area contributed by atoms with E-state index in [4.69, 9.17) is 9.47 Å². The Hall–Kier alpha value is -4.13. The molecule has 0 spiro atoms. The summed E-state index contributed by atoms with van der Waals surface area (Å²) in [5, 5.41) is 6.75. The van der Waals surface area contributed by atoms with E-state index in [-0.39, 0.29) is 18.4 Å². The van der Waals surface area contributed by atoms with Crippen LogP contribution in [-0.4, -0.2) is 31.7 Å². The summed E-state index contributed by atoms with van der Waals surface area (Å²) in [7, 11) is 1.54. The molecule has 0 atom stereocenters. The molecule has 7 heteroatoms. The monoisotopic (exact) mass is 417 g/mol. The summed E-state index contributed by atoms with van der Waals surface area (Å²) in [5.74, 6) is 0.383. The van der Waals surface area contributed by atoms with Gasteiger partial charge in [0.15, 0.2) is 6.61 Å². The fraction of sp³-hybridized carbons (Fsp3) is 0.125. The molecule has 0 fully saturated rings. The summed E-state index contributed by atoms with van der Waals surface area (Å²) < 4.78 is 10.9. The molecule has 0 heterocycles. The molecule has 0 aliphatic rings. The Bertz CT molecular complexity index is 1080. The molecular formula is C24H23N3O4. The topological polar surface area (TPSA) is 89.0 Å². The molecule has 0 unspecified atom stereocenters. The maximum atomic E-state index is 12.3. The lowest BCUT2D eigenvalue weighted by molar-refractivity contribution is -0.118. The predicted molar refractivity (Wildman–Crippen MR) is 120 cm³/mol. The van der Waals surface area contributed by atoms with Crippen LogP contribution in [0.3, 0.4) is 0 Å². The molecule has 0 aliphatic heterocycles. The number of nitrogens with one attached hydrogen (secondary N) is 2. The van der Waals surface area contributed by atoms with E-state index in [2.05, 4.69) is 15.8 Å².